The van der Waals surface area contributed by atoms with E-state index in [2.05, 4.69) is 12.1 Å². The molecule has 0 radical (unpaired) electrons. The van der Waals surface area contributed by atoms with Crippen molar-refractivity contribution in [3.8, 4) is 0 Å². The van der Waals surface area contributed by atoms with Crippen LogP contribution in [0.4, 0.5) is 0 Å². The zero-order valence-electron chi connectivity index (χ0n) is 11.0. The minimum absolute atomic E-state index is 0.0137. The standard InChI is InChI=1S/C14H19N3O2/c1-10-5-2-3-8-17(10)14(18)12-7-4-6-11(9-12)13(15)16-19/h4,6-7,9-10,19H,2-3,5,8H2,1H3,(H2,15,16). The van der Waals surface area contributed by atoms with E-state index in [1.165, 1.54) is 6.42 Å². The molecule has 0 aromatic heterocycles. The molecule has 1 aromatic rings. The van der Waals surface area contributed by atoms with E-state index in [9.17, 15) is 4.79 Å². The number of piperidine rings is 1. The van der Waals surface area contributed by atoms with Crippen LogP contribution in [0.25, 0.3) is 0 Å². The fourth-order valence-corrected chi connectivity index (χ4v) is 2.43. The number of likely N-dealkylation sites (tertiary alicyclic amines) is 1. The number of hydrogen-bond acceptors (Lipinski definition) is 3. The second-order valence-electron chi connectivity index (χ2n) is 4.91. The van der Waals surface area contributed by atoms with E-state index in [1.807, 2.05) is 4.90 Å². The first-order valence-corrected chi connectivity index (χ1v) is 6.52. The number of hydrogen-bond donors (Lipinski definition) is 2. The lowest BCUT2D eigenvalue weighted by Crippen LogP contribution is -2.42. The van der Waals surface area contributed by atoms with Crippen molar-refractivity contribution >= 4 is 11.7 Å². The number of carbonyl (C=O) groups excluding carboxylic acids is 1. The lowest BCUT2D eigenvalue weighted by atomic mass is 10.0. The molecule has 0 aliphatic carbocycles. The Morgan fingerprint density at radius 3 is 2.84 bits per heavy atom. The molecule has 5 nitrogen and oxygen atoms in total. The number of amidine groups is 1. The minimum atomic E-state index is 0.0137. The predicted molar refractivity (Wildman–Crippen MR) is 73.3 cm³/mol. The molecule has 1 heterocycles. The van der Waals surface area contributed by atoms with Crippen LogP contribution in [0.5, 0.6) is 0 Å². The van der Waals surface area contributed by atoms with Crippen molar-refractivity contribution in [1.82, 2.24) is 4.90 Å². The summed E-state index contributed by atoms with van der Waals surface area (Å²) < 4.78 is 0. The highest BCUT2D eigenvalue weighted by Gasteiger charge is 2.24. The Morgan fingerprint density at radius 1 is 1.42 bits per heavy atom. The van der Waals surface area contributed by atoms with Crippen LogP contribution in [0.2, 0.25) is 0 Å². The van der Waals surface area contributed by atoms with Gasteiger partial charge in [-0.05, 0) is 38.3 Å². The lowest BCUT2D eigenvalue weighted by molar-refractivity contribution is 0.0635. The van der Waals surface area contributed by atoms with Gasteiger partial charge in [-0.3, -0.25) is 4.79 Å². The second-order valence-corrected chi connectivity index (χ2v) is 4.91. The molecule has 1 unspecified atom stereocenters. The SMILES string of the molecule is CC1CCCCN1C(=O)c1cccc(/C(N)=N/O)c1. The van der Waals surface area contributed by atoms with E-state index in [4.69, 9.17) is 10.9 Å². The third kappa shape index (κ3) is 2.86. The molecule has 1 saturated heterocycles. The monoisotopic (exact) mass is 261 g/mol. The van der Waals surface area contributed by atoms with Crippen molar-refractivity contribution in [3.63, 3.8) is 0 Å². The average molecular weight is 261 g/mol. The zero-order chi connectivity index (χ0) is 13.8. The minimum Gasteiger partial charge on any atom is -0.409 e. The summed E-state index contributed by atoms with van der Waals surface area (Å²) in [6, 6.07) is 7.16. The van der Waals surface area contributed by atoms with Gasteiger partial charge in [0.15, 0.2) is 5.84 Å². The molecule has 0 bridgehead atoms. The summed E-state index contributed by atoms with van der Waals surface area (Å²) in [6.07, 6.45) is 3.27. The molecule has 1 aliphatic rings. The summed E-state index contributed by atoms with van der Waals surface area (Å²) in [6.45, 7) is 2.87. The zero-order valence-corrected chi connectivity index (χ0v) is 11.0. The van der Waals surface area contributed by atoms with Gasteiger partial charge in [-0.2, -0.15) is 0 Å². The number of benzene rings is 1. The van der Waals surface area contributed by atoms with Crippen molar-refractivity contribution in [2.24, 2.45) is 10.9 Å². The summed E-state index contributed by atoms with van der Waals surface area (Å²) in [4.78, 5) is 14.4. The molecule has 1 aliphatic heterocycles. The fourth-order valence-electron chi connectivity index (χ4n) is 2.43. The molecule has 1 fully saturated rings. The van der Waals surface area contributed by atoms with Crippen molar-refractivity contribution in [2.75, 3.05) is 6.54 Å². The number of nitrogens with zero attached hydrogens (tertiary/aromatic N) is 2. The third-order valence-corrected chi connectivity index (χ3v) is 3.58. The van der Waals surface area contributed by atoms with Gasteiger partial charge in [0.05, 0.1) is 0 Å². The first kappa shape index (κ1) is 13.4. The van der Waals surface area contributed by atoms with Gasteiger partial charge in [-0.25, -0.2) is 0 Å². The van der Waals surface area contributed by atoms with Crippen LogP contribution in [-0.2, 0) is 0 Å². The Morgan fingerprint density at radius 2 is 2.16 bits per heavy atom. The van der Waals surface area contributed by atoms with Crippen LogP contribution in [0.1, 0.15) is 42.1 Å². The summed E-state index contributed by atoms with van der Waals surface area (Å²) in [7, 11) is 0. The maximum Gasteiger partial charge on any atom is 0.254 e. The van der Waals surface area contributed by atoms with Gasteiger partial charge in [0.25, 0.3) is 5.91 Å². The van der Waals surface area contributed by atoms with E-state index in [0.717, 1.165) is 19.4 Å². The number of oxime groups is 1. The van der Waals surface area contributed by atoms with Gasteiger partial charge < -0.3 is 15.8 Å². The molecule has 1 atom stereocenters. The van der Waals surface area contributed by atoms with Crippen LogP contribution in [0.15, 0.2) is 29.4 Å². The van der Waals surface area contributed by atoms with Crippen LogP contribution in [0, 0.1) is 0 Å². The highest BCUT2D eigenvalue weighted by atomic mass is 16.4. The van der Waals surface area contributed by atoms with E-state index in [0.29, 0.717) is 11.1 Å². The maximum absolute atomic E-state index is 12.5. The molecular weight excluding hydrogens is 242 g/mol. The molecule has 1 aromatic carbocycles. The molecule has 102 valence electrons. The highest BCUT2D eigenvalue weighted by molar-refractivity contribution is 6.01. The van der Waals surface area contributed by atoms with Crippen LogP contribution in [-0.4, -0.2) is 34.4 Å². The molecular formula is C14H19N3O2. The Bertz CT molecular complexity index is 499. The van der Waals surface area contributed by atoms with Crippen LogP contribution in [0.3, 0.4) is 0 Å². The summed E-state index contributed by atoms with van der Waals surface area (Å²) >= 11 is 0. The van der Waals surface area contributed by atoms with Crippen LogP contribution >= 0.6 is 0 Å². The second kappa shape index (κ2) is 5.73. The average Bonchev–Trinajstić information content (AvgIpc) is 2.46. The van der Waals surface area contributed by atoms with E-state index in [1.54, 1.807) is 24.3 Å². The Labute approximate surface area is 112 Å². The quantitative estimate of drug-likeness (QED) is 0.369. The smallest absolute Gasteiger partial charge is 0.254 e. The van der Waals surface area contributed by atoms with Gasteiger partial charge in [0.2, 0.25) is 0 Å². The van der Waals surface area contributed by atoms with Gasteiger partial charge >= 0.3 is 0 Å². The summed E-state index contributed by atoms with van der Waals surface area (Å²) in [5.41, 5.74) is 6.68. The maximum atomic E-state index is 12.5. The lowest BCUT2D eigenvalue weighted by Gasteiger charge is -2.33. The highest BCUT2D eigenvalue weighted by Crippen LogP contribution is 2.19. The Hall–Kier alpha value is -2.04. The number of carbonyl (C=O) groups is 1. The van der Waals surface area contributed by atoms with Crippen molar-refractivity contribution in [1.29, 1.82) is 0 Å². The molecule has 5 heteroatoms. The summed E-state index contributed by atoms with van der Waals surface area (Å²) in [5, 5.41) is 11.6. The van der Waals surface area contributed by atoms with Gasteiger partial charge in [0, 0.05) is 23.7 Å². The largest absolute Gasteiger partial charge is 0.409 e. The number of rotatable bonds is 2. The van der Waals surface area contributed by atoms with Gasteiger partial charge in [-0.1, -0.05) is 17.3 Å². The molecule has 0 spiro atoms. The third-order valence-electron chi connectivity index (χ3n) is 3.58. The predicted octanol–water partition coefficient (Wildman–Crippen LogP) is 1.80. The van der Waals surface area contributed by atoms with Crippen molar-refractivity contribution < 1.29 is 10.0 Å². The normalized spacial score (nSPS) is 20.4. The molecule has 3 N–H and O–H groups in total. The van der Waals surface area contributed by atoms with Crippen molar-refractivity contribution in [2.45, 2.75) is 32.2 Å². The fraction of sp³-hybridized carbons (Fsp3) is 0.429. The van der Waals surface area contributed by atoms with Gasteiger partial charge in [0.1, 0.15) is 0 Å². The summed E-state index contributed by atoms with van der Waals surface area (Å²) in [5.74, 6) is 0.0288. The number of amides is 1. The topological polar surface area (TPSA) is 78.9 Å². The van der Waals surface area contributed by atoms with Gasteiger partial charge in [-0.15, -0.1) is 0 Å². The molecule has 19 heavy (non-hydrogen) atoms. The molecule has 1 amide bonds. The van der Waals surface area contributed by atoms with E-state index >= 15 is 0 Å². The van der Waals surface area contributed by atoms with Crippen molar-refractivity contribution in [3.05, 3.63) is 35.4 Å². The first-order chi connectivity index (χ1) is 9.13. The molecule has 0 saturated carbocycles. The van der Waals surface area contributed by atoms with Crippen LogP contribution < -0.4 is 5.73 Å². The molecule has 2 rings (SSSR count). The van der Waals surface area contributed by atoms with E-state index in [-0.39, 0.29) is 17.8 Å². The first-order valence-electron chi connectivity index (χ1n) is 6.52. The Balaban J connectivity index is 2.23. The number of nitrogens with two attached hydrogens (primary N) is 1. The Kier molecular flexibility index (Phi) is 4.04. The van der Waals surface area contributed by atoms with E-state index < -0.39 is 0 Å².